The van der Waals surface area contributed by atoms with Crippen molar-refractivity contribution >= 4 is 5.91 Å². The molecule has 4 heteroatoms. The third-order valence-electron chi connectivity index (χ3n) is 3.07. The fourth-order valence-corrected chi connectivity index (χ4v) is 1.68. The Morgan fingerprint density at radius 3 is 2.88 bits per heavy atom. The molecule has 92 valence electrons. The number of benzene rings is 1. The third kappa shape index (κ3) is 3.03. The van der Waals surface area contributed by atoms with Gasteiger partial charge in [-0.1, -0.05) is 6.07 Å². The van der Waals surface area contributed by atoms with Gasteiger partial charge in [-0.05, 0) is 43.4 Å². The van der Waals surface area contributed by atoms with Crippen molar-refractivity contribution in [3.05, 3.63) is 35.1 Å². The quantitative estimate of drug-likeness (QED) is 0.836. The number of nitrogens with one attached hydrogen (secondary N) is 1. The van der Waals surface area contributed by atoms with Crippen LogP contribution in [0, 0.1) is 18.7 Å². The van der Waals surface area contributed by atoms with Crippen LogP contribution in [0.4, 0.5) is 4.39 Å². The van der Waals surface area contributed by atoms with Crippen molar-refractivity contribution in [1.82, 2.24) is 5.32 Å². The largest absolute Gasteiger partial charge is 0.391 e. The molecule has 1 fully saturated rings. The summed E-state index contributed by atoms with van der Waals surface area (Å²) in [6.45, 7) is 1.88. The molecule has 0 heterocycles. The molecule has 0 radical (unpaired) electrons. The number of hydrogen-bond acceptors (Lipinski definition) is 2. The van der Waals surface area contributed by atoms with Crippen LogP contribution in [0.25, 0.3) is 0 Å². The van der Waals surface area contributed by atoms with E-state index in [0.29, 0.717) is 11.5 Å². The summed E-state index contributed by atoms with van der Waals surface area (Å²) >= 11 is 0. The first-order chi connectivity index (χ1) is 8.08. The van der Waals surface area contributed by atoms with E-state index in [4.69, 9.17) is 0 Å². The summed E-state index contributed by atoms with van der Waals surface area (Å²) in [6, 6.07) is 4.37. The molecule has 1 aromatic carbocycles. The lowest BCUT2D eigenvalue weighted by Crippen LogP contribution is -2.33. The number of amides is 1. The monoisotopic (exact) mass is 237 g/mol. The standard InChI is InChI=1S/C13H16FNO2/c1-8-2-3-10(6-11(8)14)13(17)15-7-12(16)9-4-5-9/h2-3,6,9,12,16H,4-5,7H2,1H3,(H,15,17). The van der Waals surface area contributed by atoms with E-state index < -0.39 is 6.10 Å². The lowest BCUT2D eigenvalue weighted by molar-refractivity contribution is 0.0900. The lowest BCUT2D eigenvalue weighted by atomic mass is 10.1. The van der Waals surface area contributed by atoms with Crippen molar-refractivity contribution in [2.75, 3.05) is 6.54 Å². The van der Waals surface area contributed by atoms with Gasteiger partial charge in [0.05, 0.1) is 6.10 Å². The predicted molar refractivity (Wildman–Crippen MR) is 62.2 cm³/mol. The molecule has 1 aromatic rings. The highest BCUT2D eigenvalue weighted by Gasteiger charge is 2.29. The second-order valence-corrected chi connectivity index (χ2v) is 4.58. The number of carbonyl (C=O) groups is 1. The highest BCUT2D eigenvalue weighted by Crippen LogP contribution is 2.32. The zero-order valence-corrected chi connectivity index (χ0v) is 9.74. The van der Waals surface area contributed by atoms with Crippen LogP contribution < -0.4 is 5.32 Å². The Morgan fingerprint density at radius 1 is 1.59 bits per heavy atom. The SMILES string of the molecule is Cc1ccc(C(=O)NCC(O)C2CC2)cc1F. The first kappa shape index (κ1) is 12.0. The van der Waals surface area contributed by atoms with Crippen LogP contribution in [-0.2, 0) is 0 Å². The number of hydrogen-bond donors (Lipinski definition) is 2. The second-order valence-electron chi connectivity index (χ2n) is 4.58. The molecule has 0 aromatic heterocycles. The lowest BCUT2D eigenvalue weighted by Gasteiger charge is -2.10. The first-order valence-electron chi connectivity index (χ1n) is 5.80. The molecule has 1 unspecified atom stereocenters. The Morgan fingerprint density at radius 2 is 2.29 bits per heavy atom. The fourth-order valence-electron chi connectivity index (χ4n) is 1.68. The summed E-state index contributed by atoms with van der Waals surface area (Å²) in [5, 5.41) is 12.2. The van der Waals surface area contributed by atoms with Crippen molar-refractivity contribution in [3.8, 4) is 0 Å². The maximum Gasteiger partial charge on any atom is 0.251 e. The van der Waals surface area contributed by atoms with Crippen LogP contribution in [0.3, 0.4) is 0 Å². The van der Waals surface area contributed by atoms with E-state index in [9.17, 15) is 14.3 Å². The normalized spacial score (nSPS) is 16.6. The van der Waals surface area contributed by atoms with E-state index in [1.54, 1.807) is 19.1 Å². The van der Waals surface area contributed by atoms with E-state index in [2.05, 4.69) is 5.32 Å². The van der Waals surface area contributed by atoms with Gasteiger partial charge in [0.25, 0.3) is 5.91 Å². The smallest absolute Gasteiger partial charge is 0.251 e. The average Bonchev–Trinajstić information content (AvgIpc) is 3.13. The average molecular weight is 237 g/mol. The van der Waals surface area contributed by atoms with Crippen LogP contribution in [0.15, 0.2) is 18.2 Å². The van der Waals surface area contributed by atoms with Gasteiger partial charge in [0.1, 0.15) is 5.82 Å². The van der Waals surface area contributed by atoms with Gasteiger partial charge in [-0.3, -0.25) is 4.79 Å². The van der Waals surface area contributed by atoms with Crippen molar-refractivity contribution in [2.45, 2.75) is 25.9 Å². The number of aliphatic hydroxyl groups is 1. The van der Waals surface area contributed by atoms with E-state index in [0.717, 1.165) is 12.8 Å². The summed E-state index contributed by atoms with van der Waals surface area (Å²) < 4.78 is 13.2. The van der Waals surface area contributed by atoms with Crippen molar-refractivity contribution < 1.29 is 14.3 Å². The Hall–Kier alpha value is -1.42. The van der Waals surface area contributed by atoms with Crippen LogP contribution in [0.2, 0.25) is 0 Å². The number of halogens is 1. The molecule has 0 aliphatic heterocycles. The maximum atomic E-state index is 13.2. The van der Waals surface area contributed by atoms with E-state index >= 15 is 0 Å². The molecule has 0 spiro atoms. The van der Waals surface area contributed by atoms with Gasteiger partial charge in [-0.25, -0.2) is 4.39 Å². The number of aryl methyl sites for hydroxylation is 1. The summed E-state index contributed by atoms with van der Waals surface area (Å²) in [5.74, 6) is -0.408. The Kier molecular flexibility index (Phi) is 3.43. The highest BCUT2D eigenvalue weighted by molar-refractivity contribution is 5.94. The molecule has 0 saturated heterocycles. The van der Waals surface area contributed by atoms with Crippen LogP contribution >= 0.6 is 0 Å². The van der Waals surface area contributed by atoms with Crippen LogP contribution in [-0.4, -0.2) is 23.7 Å². The van der Waals surface area contributed by atoms with Gasteiger partial charge in [-0.2, -0.15) is 0 Å². The molecule has 3 nitrogen and oxygen atoms in total. The van der Waals surface area contributed by atoms with Gasteiger partial charge in [0, 0.05) is 12.1 Å². The molecule has 2 N–H and O–H groups in total. The molecule has 0 bridgehead atoms. The van der Waals surface area contributed by atoms with E-state index in [1.165, 1.54) is 6.07 Å². The number of aliphatic hydroxyl groups excluding tert-OH is 1. The van der Waals surface area contributed by atoms with Gasteiger partial charge >= 0.3 is 0 Å². The van der Waals surface area contributed by atoms with E-state index in [1.807, 2.05) is 0 Å². The zero-order valence-electron chi connectivity index (χ0n) is 9.74. The molecule has 1 aliphatic carbocycles. The molecule has 1 aliphatic rings. The minimum atomic E-state index is -0.478. The topological polar surface area (TPSA) is 49.3 Å². The summed E-state index contributed by atoms with van der Waals surface area (Å²) in [6.07, 6.45) is 1.57. The summed E-state index contributed by atoms with van der Waals surface area (Å²) in [4.78, 5) is 11.7. The van der Waals surface area contributed by atoms with Crippen LogP contribution in [0.1, 0.15) is 28.8 Å². The van der Waals surface area contributed by atoms with Gasteiger partial charge in [-0.15, -0.1) is 0 Å². The number of rotatable bonds is 4. The fraction of sp³-hybridized carbons (Fsp3) is 0.462. The van der Waals surface area contributed by atoms with E-state index in [-0.39, 0.29) is 23.8 Å². The summed E-state index contributed by atoms with van der Waals surface area (Å²) in [5.41, 5.74) is 0.802. The Balaban J connectivity index is 1.92. The van der Waals surface area contributed by atoms with Crippen LogP contribution in [0.5, 0.6) is 0 Å². The predicted octanol–water partition coefficient (Wildman–Crippen LogP) is 1.63. The summed E-state index contributed by atoms with van der Waals surface area (Å²) in [7, 11) is 0. The van der Waals surface area contributed by atoms with Crippen molar-refractivity contribution in [2.24, 2.45) is 5.92 Å². The van der Waals surface area contributed by atoms with Gasteiger partial charge in [0.2, 0.25) is 0 Å². The Labute approximate surface area is 99.7 Å². The van der Waals surface area contributed by atoms with Gasteiger partial charge in [0.15, 0.2) is 0 Å². The first-order valence-corrected chi connectivity index (χ1v) is 5.80. The molecule has 1 atom stereocenters. The zero-order chi connectivity index (χ0) is 12.4. The number of carbonyl (C=O) groups excluding carboxylic acids is 1. The second kappa shape index (κ2) is 4.84. The van der Waals surface area contributed by atoms with Crippen molar-refractivity contribution in [3.63, 3.8) is 0 Å². The Bertz CT molecular complexity index is 429. The third-order valence-corrected chi connectivity index (χ3v) is 3.07. The van der Waals surface area contributed by atoms with Gasteiger partial charge < -0.3 is 10.4 Å². The molecule has 1 amide bonds. The maximum absolute atomic E-state index is 13.2. The molecular formula is C13H16FNO2. The minimum Gasteiger partial charge on any atom is -0.391 e. The molecular weight excluding hydrogens is 221 g/mol. The molecule has 17 heavy (non-hydrogen) atoms. The highest BCUT2D eigenvalue weighted by atomic mass is 19.1. The molecule has 2 rings (SSSR count). The van der Waals surface area contributed by atoms with Crippen molar-refractivity contribution in [1.29, 1.82) is 0 Å². The molecule has 1 saturated carbocycles. The minimum absolute atomic E-state index is 0.235.